The maximum Gasteiger partial charge on any atom is 0.0946 e. The molecule has 3 rings (SSSR count). The molecule has 1 spiro atoms. The van der Waals surface area contributed by atoms with Gasteiger partial charge in [0, 0.05) is 0 Å². The molecule has 0 unspecified atom stereocenters. The SMILES string of the molecule is C.CC1(C)OC2(CCCC2)c2ccccc21. The average molecular weight is 218 g/mol. The number of ether oxygens (including phenoxy) is 1. The zero-order valence-corrected chi connectivity index (χ0v) is 9.55. The van der Waals surface area contributed by atoms with Crippen molar-refractivity contribution in [2.75, 3.05) is 0 Å². The fourth-order valence-corrected chi connectivity index (χ4v) is 3.32. The molecular weight excluding hydrogens is 196 g/mol. The minimum absolute atomic E-state index is 0. The van der Waals surface area contributed by atoms with Crippen LogP contribution in [0.25, 0.3) is 0 Å². The molecule has 2 aliphatic rings. The van der Waals surface area contributed by atoms with Crippen molar-refractivity contribution >= 4 is 0 Å². The highest BCUT2D eigenvalue weighted by Crippen LogP contribution is 2.54. The lowest BCUT2D eigenvalue weighted by Gasteiger charge is -2.28. The van der Waals surface area contributed by atoms with Gasteiger partial charge in [0.15, 0.2) is 0 Å². The van der Waals surface area contributed by atoms with Gasteiger partial charge in [0.2, 0.25) is 0 Å². The molecule has 1 aliphatic heterocycles. The summed E-state index contributed by atoms with van der Waals surface area (Å²) in [6.45, 7) is 4.39. The predicted octanol–water partition coefficient (Wildman–Crippen LogP) is 4.36. The molecule has 16 heavy (non-hydrogen) atoms. The molecule has 1 heteroatoms. The number of hydrogen-bond donors (Lipinski definition) is 0. The Morgan fingerprint density at radius 2 is 1.56 bits per heavy atom. The quantitative estimate of drug-likeness (QED) is 0.628. The van der Waals surface area contributed by atoms with Crippen LogP contribution in [0.5, 0.6) is 0 Å². The van der Waals surface area contributed by atoms with Gasteiger partial charge in [-0.3, -0.25) is 0 Å². The molecule has 0 radical (unpaired) electrons. The smallest absolute Gasteiger partial charge is 0.0946 e. The van der Waals surface area contributed by atoms with E-state index in [-0.39, 0.29) is 18.6 Å². The van der Waals surface area contributed by atoms with Gasteiger partial charge >= 0.3 is 0 Å². The van der Waals surface area contributed by atoms with Crippen LogP contribution in [0.4, 0.5) is 0 Å². The van der Waals surface area contributed by atoms with Crippen molar-refractivity contribution < 1.29 is 4.74 Å². The molecule has 1 aliphatic carbocycles. The standard InChI is InChI=1S/C14H18O.CH4/c1-13(2)11-7-3-4-8-12(11)14(15-13)9-5-6-10-14;/h3-4,7-8H,5-6,9-10H2,1-2H3;1H4. The number of rotatable bonds is 0. The van der Waals surface area contributed by atoms with Gasteiger partial charge < -0.3 is 4.74 Å². The topological polar surface area (TPSA) is 9.23 Å². The zero-order valence-electron chi connectivity index (χ0n) is 9.55. The van der Waals surface area contributed by atoms with Crippen molar-refractivity contribution in [2.45, 2.75) is 58.2 Å². The Balaban J connectivity index is 0.000000963. The zero-order chi connectivity index (χ0) is 10.5. The maximum absolute atomic E-state index is 6.37. The molecule has 0 bridgehead atoms. The molecule has 0 amide bonds. The van der Waals surface area contributed by atoms with Crippen molar-refractivity contribution in [2.24, 2.45) is 0 Å². The molecule has 1 fully saturated rings. The van der Waals surface area contributed by atoms with Gasteiger partial charge in [-0.1, -0.05) is 44.5 Å². The summed E-state index contributed by atoms with van der Waals surface area (Å²) in [6, 6.07) is 8.75. The van der Waals surface area contributed by atoms with Crippen molar-refractivity contribution in [1.82, 2.24) is 0 Å². The fourth-order valence-electron chi connectivity index (χ4n) is 3.32. The second-order valence-electron chi connectivity index (χ2n) is 5.36. The second-order valence-corrected chi connectivity index (χ2v) is 5.36. The van der Waals surface area contributed by atoms with Crippen LogP contribution in [0.2, 0.25) is 0 Å². The molecule has 1 aromatic carbocycles. The molecule has 88 valence electrons. The largest absolute Gasteiger partial charge is 0.360 e. The summed E-state index contributed by atoms with van der Waals surface area (Å²) in [6.07, 6.45) is 5.02. The predicted molar refractivity (Wildman–Crippen MR) is 67.4 cm³/mol. The monoisotopic (exact) mass is 218 g/mol. The summed E-state index contributed by atoms with van der Waals surface area (Å²) in [5, 5.41) is 0. The summed E-state index contributed by atoms with van der Waals surface area (Å²) >= 11 is 0. The van der Waals surface area contributed by atoms with Crippen LogP contribution < -0.4 is 0 Å². The third-order valence-electron chi connectivity index (χ3n) is 3.93. The Labute approximate surface area is 98.8 Å². The third-order valence-corrected chi connectivity index (χ3v) is 3.93. The molecule has 0 aromatic heterocycles. The highest BCUT2D eigenvalue weighted by molar-refractivity contribution is 5.41. The van der Waals surface area contributed by atoms with E-state index in [1.54, 1.807) is 0 Å². The summed E-state index contributed by atoms with van der Waals surface area (Å²) in [7, 11) is 0. The number of benzene rings is 1. The van der Waals surface area contributed by atoms with Crippen LogP contribution in [0, 0.1) is 0 Å². The first-order valence-corrected chi connectivity index (χ1v) is 5.94. The first kappa shape index (κ1) is 11.7. The van der Waals surface area contributed by atoms with Gasteiger partial charge in [0.25, 0.3) is 0 Å². The molecule has 1 nitrogen and oxygen atoms in total. The van der Waals surface area contributed by atoms with E-state index in [0.29, 0.717) is 0 Å². The Bertz CT molecular complexity index is 386. The van der Waals surface area contributed by atoms with Crippen molar-refractivity contribution in [3.05, 3.63) is 35.4 Å². The molecular formula is C15H22O. The van der Waals surface area contributed by atoms with E-state index in [4.69, 9.17) is 4.74 Å². The number of hydrogen-bond acceptors (Lipinski definition) is 1. The van der Waals surface area contributed by atoms with E-state index in [9.17, 15) is 0 Å². The molecule has 0 atom stereocenters. The van der Waals surface area contributed by atoms with Crippen LogP contribution in [-0.2, 0) is 15.9 Å². The fraction of sp³-hybridized carbons (Fsp3) is 0.600. The van der Waals surface area contributed by atoms with Crippen LogP contribution in [-0.4, -0.2) is 0 Å². The Kier molecular flexibility index (Phi) is 2.62. The van der Waals surface area contributed by atoms with Gasteiger partial charge in [-0.25, -0.2) is 0 Å². The average Bonchev–Trinajstić information content (AvgIpc) is 2.74. The minimum Gasteiger partial charge on any atom is -0.360 e. The first-order valence-electron chi connectivity index (χ1n) is 5.94. The van der Waals surface area contributed by atoms with Crippen molar-refractivity contribution in [3.63, 3.8) is 0 Å². The summed E-state index contributed by atoms with van der Waals surface area (Å²) in [5.41, 5.74) is 2.81. The third kappa shape index (κ3) is 1.41. The Morgan fingerprint density at radius 1 is 1.00 bits per heavy atom. The summed E-state index contributed by atoms with van der Waals surface area (Å²) in [5.74, 6) is 0. The first-order chi connectivity index (χ1) is 7.14. The summed E-state index contributed by atoms with van der Waals surface area (Å²) in [4.78, 5) is 0. The van der Waals surface area contributed by atoms with E-state index in [0.717, 1.165) is 0 Å². The van der Waals surface area contributed by atoms with Crippen LogP contribution >= 0.6 is 0 Å². The molecule has 0 N–H and O–H groups in total. The van der Waals surface area contributed by atoms with Crippen molar-refractivity contribution in [1.29, 1.82) is 0 Å². The van der Waals surface area contributed by atoms with Crippen LogP contribution in [0.15, 0.2) is 24.3 Å². The van der Waals surface area contributed by atoms with Gasteiger partial charge in [0.1, 0.15) is 0 Å². The maximum atomic E-state index is 6.37. The highest BCUT2D eigenvalue weighted by atomic mass is 16.5. The van der Waals surface area contributed by atoms with Gasteiger partial charge in [-0.05, 0) is 37.8 Å². The Hall–Kier alpha value is -0.820. The van der Waals surface area contributed by atoms with E-state index in [1.807, 2.05) is 0 Å². The van der Waals surface area contributed by atoms with E-state index in [2.05, 4.69) is 38.1 Å². The molecule has 1 aromatic rings. The Morgan fingerprint density at radius 3 is 2.19 bits per heavy atom. The van der Waals surface area contributed by atoms with Gasteiger partial charge in [-0.2, -0.15) is 0 Å². The minimum atomic E-state index is -0.0963. The van der Waals surface area contributed by atoms with E-state index < -0.39 is 0 Å². The highest BCUT2D eigenvalue weighted by Gasteiger charge is 2.49. The normalized spacial score (nSPS) is 24.1. The summed E-state index contributed by atoms with van der Waals surface area (Å²) < 4.78 is 6.37. The van der Waals surface area contributed by atoms with Gasteiger partial charge in [0.05, 0.1) is 11.2 Å². The lowest BCUT2D eigenvalue weighted by molar-refractivity contribution is -0.122. The van der Waals surface area contributed by atoms with E-state index in [1.165, 1.54) is 36.8 Å². The van der Waals surface area contributed by atoms with Gasteiger partial charge in [-0.15, -0.1) is 0 Å². The van der Waals surface area contributed by atoms with Crippen molar-refractivity contribution in [3.8, 4) is 0 Å². The van der Waals surface area contributed by atoms with Crippen LogP contribution in [0.3, 0.4) is 0 Å². The second kappa shape index (κ2) is 3.59. The van der Waals surface area contributed by atoms with E-state index >= 15 is 0 Å². The molecule has 0 saturated heterocycles. The molecule has 1 heterocycles. The number of fused-ring (bicyclic) bond motifs is 2. The molecule has 1 saturated carbocycles. The lowest BCUT2D eigenvalue weighted by atomic mass is 9.88. The van der Waals surface area contributed by atoms with Crippen LogP contribution in [0.1, 0.15) is 58.1 Å². The lowest BCUT2D eigenvalue weighted by Crippen LogP contribution is -2.25.